The van der Waals surface area contributed by atoms with Crippen LogP contribution in [0.3, 0.4) is 0 Å². The zero-order valence-corrected chi connectivity index (χ0v) is 37.8. The molecule has 0 spiro atoms. The van der Waals surface area contributed by atoms with Gasteiger partial charge in [0.1, 0.15) is 22.3 Å². The zero-order chi connectivity index (χ0) is 45.9. The molecule has 70 heavy (non-hydrogen) atoms. The van der Waals surface area contributed by atoms with Crippen molar-refractivity contribution in [2.24, 2.45) is 0 Å². The Bertz CT molecular complexity index is 4300. The number of hydrogen-bond donors (Lipinski definition) is 0. The summed E-state index contributed by atoms with van der Waals surface area (Å²) in [5.41, 5.74) is 19.8. The first kappa shape index (κ1) is 38.7. The van der Waals surface area contributed by atoms with Gasteiger partial charge in [0, 0.05) is 54.5 Å². The maximum atomic E-state index is 6.32. The Morgan fingerprint density at radius 1 is 0.229 bits per heavy atom. The molecule has 326 valence electrons. The number of hydrogen-bond acceptors (Lipinski definition) is 2. The number of para-hydroxylation sites is 2. The van der Waals surface area contributed by atoms with Gasteiger partial charge in [-0.3, -0.25) is 0 Å². The van der Waals surface area contributed by atoms with Crippen LogP contribution in [0.4, 0.5) is 0 Å². The lowest BCUT2D eigenvalue weighted by atomic mass is 9.93. The number of furan rings is 2. The molecule has 0 saturated heterocycles. The van der Waals surface area contributed by atoms with Gasteiger partial charge in [-0.15, -0.1) is 0 Å². The van der Waals surface area contributed by atoms with Crippen molar-refractivity contribution in [3.05, 3.63) is 243 Å². The molecule has 0 fully saturated rings. The van der Waals surface area contributed by atoms with Crippen LogP contribution in [-0.4, -0.2) is 9.13 Å². The van der Waals surface area contributed by atoms with Gasteiger partial charge in [0.2, 0.25) is 0 Å². The van der Waals surface area contributed by atoms with E-state index in [0.29, 0.717) is 0 Å². The van der Waals surface area contributed by atoms with Crippen LogP contribution in [0.1, 0.15) is 0 Å². The summed E-state index contributed by atoms with van der Waals surface area (Å²) in [6.45, 7) is 0. The first-order valence-electron chi connectivity index (χ1n) is 23.9. The molecule has 0 aliphatic carbocycles. The molecule has 4 aromatic heterocycles. The first-order valence-corrected chi connectivity index (χ1v) is 23.9. The van der Waals surface area contributed by atoms with Crippen LogP contribution in [0.25, 0.3) is 143 Å². The Kier molecular flexibility index (Phi) is 8.33. The average molecular weight is 893 g/mol. The highest BCUT2D eigenvalue weighted by Crippen LogP contribution is 2.46. The topological polar surface area (TPSA) is 36.1 Å². The molecule has 0 aliphatic rings. The second-order valence-electron chi connectivity index (χ2n) is 18.4. The Hall–Kier alpha value is -9.38. The van der Waals surface area contributed by atoms with Crippen LogP contribution >= 0.6 is 0 Å². The fourth-order valence-corrected chi connectivity index (χ4v) is 11.3. The van der Waals surface area contributed by atoms with Crippen molar-refractivity contribution in [2.45, 2.75) is 0 Å². The molecule has 0 unspecified atom stereocenters. The second kappa shape index (κ2) is 15.1. The normalized spacial score (nSPS) is 12.0. The van der Waals surface area contributed by atoms with E-state index in [4.69, 9.17) is 8.83 Å². The van der Waals surface area contributed by atoms with Gasteiger partial charge in [0.15, 0.2) is 0 Å². The van der Waals surface area contributed by atoms with E-state index in [1.54, 1.807) is 0 Å². The number of fused-ring (bicyclic) bond motifs is 12. The molecular weight excluding hydrogens is 853 g/mol. The molecule has 0 aliphatic heterocycles. The molecule has 0 atom stereocenters. The van der Waals surface area contributed by atoms with E-state index in [-0.39, 0.29) is 0 Å². The molecule has 4 heterocycles. The average Bonchev–Trinajstić information content (AvgIpc) is 4.18. The summed E-state index contributed by atoms with van der Waals surface area (Å²) in [6, 6.07) is 87.7. The van der Waals surface area contributed by atoms with E-state index in [9.17, 15) is 0 Å². The second-order valence-corrected chi connectivity index (χ2v) is 18.4. The lowest BCUT2D eigenvalue weighted by molar-refractivity contribution is 0.668. The van der Waals surface area contributed by atoms with E-state index in [0.717, 1.165) is 77.4 Å². The summed E-state index contributed by atoms with van der Waals surface area (Å²) < 4.78 is 17.5. The van der Waals surface area contributed by atoms with E-state index in [1.165, 1.54) is 66.0 Å². The molecule has 0 saturated carbocycles. The zero-order valence-electron chi connectivity index (χ0n) is 37.8. The number of rotatable bonds is 6. The molecule has 15 rings (SSSR count). The first-order chi connectivity index (χ1) is 34.7. The van der Waals surface area contributed by atoms with Gasteiger partial charge in [0.05, 0.1) is 22.1 Å². The summed E-state index contributed by atoms with van der Waals surface area (Å²) in [5.74, 6) is 0. The summed E-state index contributed by atoms with van der Waals surface area (Å²) >= 11 is 0. The third kappa shape index (κ3) is 5.84. The Morgan fingerprint density at radius 2 is 0.614 bits per heavy atom. The highest BCUT2D eigenvalue weighted by molar-refractivity contribution is 6.22. The molecule has 0 N–H and O–H groups in total. The van der Waals surface area contributed by atoms with Crippen LogP contribution in [0.5, 0.6) is 0 Å². The minimum absolute atomic E-state index is 0.887. The standard InChI is InChI=1S/C66H40N2O2/c1-3-13-41(14-4-1)43-25-33-57-53(37-43)54-38-44(42-15-5-2-6-16-42)26-34-58(54)67(57)47-29-31-48(32-30-47)68-59-21-11-19-49(45-27-35-63-55(39-45)51-17-7-9-23-61(51)69-63)65(59)66-50(20-12-22-60(66)68)46-28-36-64-56(40-46)52-18-8-10-24-62(52)70-64/h1-40H. The fraction of sp³-hybridized carbons (Fsp3) is 0. The minimum atomic E-state index is 0.887. The van der Waals surface area contributed by atoms with Crippen molar-refractivity contribution in [1.29, 1.82) is 0 Å². The molecule has 15 aromatic rings. The molecule has 11 aromatic carbocycles. The third-order valence-electron chi connectivity index (χ3n) is 14.5. The van der Waals surface area contributed by atoms with Crippen molar-refractivity contribution < 1.29 is 8.83 Å². The summed E-state index contributed by atoms with van der Waals surface area (Å²) in [5, 5.41) is 9.31. The van der Waals surface area contributed by atoms with Crippen LogP contribution in [0.15, 0.2) is 251 Å². The molecule has 0 amide bonds. The fourth-order valence-electron chi connectivity index (χ4n) is 11.3. The van der Waals surface area contributed by atoms with Gasteiger partial charge >= 0.3 is 0 Å². The minimum Gasteiger partial charge on any atom is -0.456 e. The highest BCUT2D eigenvalue weighted by Gasteiger charge is 2.22. The van der Waals surface area contributed by atoms with Gasteiger partial charge in [-0.25, -0.2) is 0 Å². The van der Waals surface area contributed by atoms with Gasteiger partial charge in [0.25, 0.3) is 0 Å². The van der Waals surface area contributed by atoms with Gasteiger partial charge < -0.3 is 18.0 Å². The predicted molar refractivity (Wildman–Crippen MR) is 291 cm³/mol. The predicted octanol–water partition coefficient (Wildman–Crippen LogP) is 18.3. The van der Waals surface area contributed by atoms with Crippen LogP contribution in [-0.2, 0) is 0 Å². The number of aromatic nitrogens is 2. The van der Waals surface area contributed by atoms with Crippen LogP contribution in [0, 0.1) is 0 Å². The maximum Gasteiger partial charge on any atom is 0.135 e. The largest absolute Gasteiger partial charge is 0.456 e. The van der Waals surface area contributed by atoms with Gasteiger partial charge in [-0.2, -0.15) is 0 Å². The van der Waals surface area contributed by atoms with Gasteiger partial charge in [-0.05, 0) is 142 Å². The molecule has 4 heteroatoms. The maximum absolute atomic E-state index is 6.32. The monoisotopic (exact) mass is 892 g/mol. The number of nitrogens with zero attached hydrogens (tertiary/aromatic N) is 2. The van der Waals surface area contributed by atoms with E-state index in [2.05, 4.69) is 228 Å². The van der Waals surface area contributed by atoms with Gasteiger partial charge in [-0.1, -0.05) is 146 Å². The van der Waals surface area contributed by atoms with Crippen LogP contribution in [0.2, 0.25) is 0 Å². The Labute approximate surface area is 402 Å². The van der Waals surface area contributed by atoms with Crippen molar-refractivity contribution in [3.63, 3.8) is 0 Å². The quantitative estimate of drug-likeness (QED) is 0.167. The molecule has 0 radical (unpaired) electrons. The van der Waals surface area contributed by atoms with E-state index in [1.807, 2.05) is 24.3 Å². The molecule has 4 nitrogen and oxygen atoms in total. The summed E-state index contributed by atoms with van der Waals surface area (Å²) in [4.78, 5) is 0. The van der Waals surface area contributed by atoms with E-state index >= 15 is 0 Å². The lowest BCUT2D eigenvalue weighted by Crippen LogP contribution is -1.97. The van der Waals surface area contributed by atoms with E-state index < -0.39 is 0 Å². The summed E-state index contributed by atoms with van der Waals surface area (Å²) in [7, 11) is 0. The summed E-state index contributed by atoms with van der Waals surface area (Å²) in [6.07, 6.45) is 0. The molecule has 0 bridgehead atoms. The van der Waals surface area contributed by atoms with Crippen LogP contribution < -0.4 is 0 Å². The molecular formula is C66H40N2O2. The highest BCUT2D eigenvalue weighted by atomic mass is 16.3. The Morgan fingerprint density at radius 3 is 1.09 bits per heavy atom. The third-order valence-corrected chi connectivity index (χ3v) is 14.5. The van der Waals surface area contributed by atoms with Crippen molar-refractivity contribution in [3.8, 4) is 55.9 Å². The van der Waals surface area contributed by atoms with Crippen molar-refractivity contribution in [1.82, 2.24) is 9.13 Å². The lowest BCUT2D eigenvalue weighted by Gasteiger charge is -2.12. The SMILES string of the molecule is c1ccc(-c2ccc3c(c2)c2cc(-c4ccccc4)ccc2n3-c2ccc(-n3c4cccc(-c5ccc6oc7ccccc7c6c5)c4c4c(-c5ccc6oc7ccccc7c6c5)cccc43)cc2)cc1. The Balaban J connectivity index is 0.945. The smallest absolute Gasteiger partial charge is 0.135 e. The van der Waals surface area contributed by atoms with Crippen molar-refractivity contribution in [2.75, 3.05) is 0 Å². The number of benzene rings is 11. The van der Waals surface area contributed by atoms with Crippen molar-refractivity contribution >= 4 is 87.5 Å².